The lowest BCUT2D eigenvalue weighted by atomic mass is 10.1. The van der Waals surface area contributed by atoms with Crippen molar-refractivity contribution < 1.29 is 19.2 Å². The first-order valence-electron chi connectivity index (χ1n) is 9.48. The number of hydrogen-bond acceptors (Lipinski definition) is 3. The zero-order valence-corrected chi connectivity index (χ0v) is 16.9. The molecule has 1 atom stereocenters. The number of likely N-dealkylation sites (N-methyl/N-ethyl adjacent to an activating group) is 1. The van der Waals surface area contributed by atoms with Gasteiger partial charge in [-0.15, -0.1) is 0 Å². The van der Waals surface area contributed by atoms with Gasteiger partial charge in [0, 0.05) is 23.9 Å². The average Bonchev–Trinajstić information content (AvgIpc) is 2.73. The molecule has 0 heterocycles. The largest absolute Gasteiger partial charge is 0.497 e. The molecule has 3 aromatic carbocycles. The van der Waals surface area contributed by atoms with Crippen molar-refractivity contribution in [2.45, 2.75) is 6.54 Å². The number of carbonyl (C=O) groups excluding carboxylic acids is 2. The highest BCUT2D eigenvalue weighted by molar-refractivity contribution is 5.95. The topological polar surface area (TPSA) is 71.9 Å². The van der Waals surface area contributed by atoms with Gasteiger partial charge in [-0.1, -0.05) is 18.2 Å². The number of nitrogens with one attached hydrogen (secondary N) is 3. The summed E-state index contributed by atoms with van der Waals surface area (Å²) in [5, 5.41) is 7.73. The van der Waals surface area contributed by atoms with Gasteiger partial charge in [-0.05, 0) is 53.2 Å². The molecule has 0 aliphatic rings. The molecule has 3 rings (SSSR count). The third-order valence-corrected chi connectivity index (χ3v) is 4.74. The summed E-state index contributed by atoms with van der Waals surface area (Å²) in [6.07, 6.45) is 0. The van der Waals surface area contributed by atoms with Gasteiger partial charge in [0.15, 0.2) is 6.54 Å². The van der Waals surface area contributed by atoms with Crippen molar-refractivity contribution in [3.63, 3.8) is 0 Å². The standard InChI is InChI=1S/C23H25N3O3/c1-24-23(28)17-6-9-20(10-7-17)25-22(27)15-26(2)14-16-4-5-19-13-21(29-3)11-8-18(19)12-16/h4-13H,14-15H2,1-3H3,(H,24,28)(H,25,27)/p+1. The van der Waals surface area contributed by atoms with Crippen LogP contribution < -0.4 is 20.3 Å². The zero-order valence-electron chi connectivity index (χ0n) is 16.9. The Morgan fingerprint density at radius 3 is 2.34 bits per heavy atom. The molecule has 0 aliphatic heterocycles. The summed E-state index contributed by atoms with van der Waals surface area (Å²) < 4.78 is 5.27. The van der Waals surface area contributed by atoms with E-state index in [9.17, 15) is 9.59 Å². The van der Waals surface area contributed by atoms with Gasteiger partial charge >= 0.3 is 0 Å². The summed E-state index contributed by atoms with van der Waals surface area (Å²) in [6.45, 7) is 1.09. The second-order valence-electron chi connectivity index (χ2n) is 7.06. The van der Waals surface area contributed by atoms with Crippen molar-refractivity contribution in [1.82, 2.24) is 5.32 Å². The van der Waals surface area contributed by atoms with E-state index in [2.05, 4.69) is 28.8 Å². The molecule has 3 aromatic rings. The van der Waals surface area contributed by atoms with Crippen LogP contribution in [0.2, 0.25) is 0 Å². The number of methoxy groups -OCH3 is 1. The number of quaternary nitrogens is 1. The SMILES string of the molecule is CNC(=O)c1ccc(NC(=O)C[NH+](C)Cc2ccc3cc(OC)ccc3c2)cc1. The van der Waals surface area contributed by atoms with Crippen molar-refractivity contribution in [1.29, 1.82) is 0 Å². The number of anilines is 1. The zero-order chi connectivity index (χ0) is 20.8. The van der Waals surface area contributed by atoms with Crippen LogP contribution in [0.15, 0.2) is 60.7 Å². The van der Waals surface area contributed by atoms with Crippen molar-refractivity contribution in [2.75, 3.05) is 33.1 Å². The maximum atomic E-state index is 12.3. The van der Waals surface area contributed by atoms with E-state index in [4.69, 9.17) is 4.74 Å². The summed E-state index contributed by atoms with van der Waals surface area (Å²) in [6, 6.07) is 19.2. The summed E-state index contributed by atoms with van der Waals surface area (Å²) in [5.74, 6) is 0.620. The molecule has 0 aliphatic carbocycles. The Morgan fingerprint density at radius 2 is 1.66 bits per heavy atom. The molecule has 3 N–H and O–H groups in total. The fourth-order valence-electron chi connectivity index (χ4n) is 3.25. The molecule has 6 heteroatoms. The number of ether oxygens (including phenoxy) is 1. The predicted molar refractivity (Wildman–Crippen MR) is 114 cm³/mol. The van der Waals surface area contributed by atoms with Gasteiger partial charge < -0.3 is 20.3 Å². The third kappa shape index (κ3) is 5.33. The van der Waals surface area contributed by atoms with Crippen molar-refractivity contribution >= 4 is 28.3 Å². The Morgan fingerprint density at radius 1 is 0.966 bits per heavy atom. The maximum Gasteiger partial charge on any atom is 0.279 e. The predicted octanol–water partition coefficient (Wildman–Crippen LogP) is 1.86. The van der Waals surface area contributed by atoms with Crippen LogP contribution in [-0.4, -0.2) is 39.6 Å². The van der Waals surface area contributed by atoms with E-state index in [1.807, 2.05) is 25.2 Å². The van der Waals surface area contributed by atoms with Crippen LogP contribution in [0.4, 0.5) is 5.69 Å². The van der Waals surface area contributed by atoms with Crippen LogP contribution in [0, 0.1) is 0 Å². The van der Waals surface area contributed by atoms with E-state index in [-0.39, 0.29) is 11.8 Å². The molecule has 29 heavy (non-hydrogen) atoms. The molecule has 0 aromatic heterocycles. The smallest absolute Gasteiger partial charge is 0.279 e. The molecule has 6 nitrogen and oxygen atoms in total. The molecule has 0 fully saturated rings. The quantitative estimate of drug-likeness (QED) is 0.575. The highest BCUT2D eigenvalue weighted by atomic mass is 16.5. The Balaban J connectivity index is 1.57. The number of fused-ring (bicyclic) bond motifs is 1. The lowest BCUT2D eigenvalue weighted by Gasteiger charge is -2.14. The van der Waals surface area contributed by atoms with E-state index < -0.39 is 0 Å². The molecule has 2 amide bonds. The van der Waals surface area contributed by atoms with Gasteiger partial charge in [0.25, 0.3) is 11.8 Å². The normalized spacial score (nSPS) is 11.7. The van der Waals surface area contributed by atoms with Gasteiger partial charge in [0.1, 0.15) is 12.3 Å². The Labute approximate surface area is 170 Å². The number of hydrogen-bond donors (Lipinski definition) is 3. The van der Waals surface area contributed by atoms with Crippen LogP contribution in [0.5, 0.6) is 5.75 Å². The van der Waals surface area contributed by atoms with Crippen LogP contribution in [0.25, 0.3) is 10.8 Å². The summed E-state index contributed by atoms with van der Waals surface area (Å²) in [4.78, 5) is 25.0. The van der Waals surface area contributed by atoms with E-state index in [1.165, 1.54) is 5.56 Å². The third-order valence-electron chi connectivity index (χ3n) is 4.74. The van der Waals surface area contributed by atoms with Gasteiger partial charge in [0.05, 0.1) is 14.2 Å². The molecule has 0 saturated carbocycles. The summed E-state index contributed by atoms with van der Waals surface area (Å²) >= 11 is 0. The molecular weight excluding hydrogens is 366 g/mol. The molecule has 0 saturated heterocycles. The van der Waals surface area contributed by atoms with Crippen LogP contribution >= 0.6 is 0 Å². The highest BCUT2D eigenvalue weighted by Gasteiger charge is 2.12. The van der Waals surface area contributed by atoms with Crippen LogP contribution in [0.1, 0.15) is 15.9 Å². The van der Waals surface area contributed by atoms with E-state index in [1.54, 1.807) is 38.4 Å². The molecule has 150 valence electrons. The minimum Gasteiger partial charge on any atom is -0.497 e. The van der Waals surface area contributed by atoms with Gasteiger partial charge in [-0.3, -0.25) is 9.59 Å². The number of carbonyl (C=O) groups is 2. The van der Waals surface area contributed by atoms with E-state index in [0.29, 0.717) is 17.8 Å². The minimum atomic E-state index is -0.152. The first-order chi connectivity index (χ1) is 14.0. The van der Waals surface area contributed by atoms with Gasteiger partial charge in [-0.25, -0.2) is 0 Å². The van der Waals surface area contributed by atoms with Gasteiger partial charge in [0.2, 0.25) is 0 Å². The molecule has 0 spiro atoms. The molecule has 0 bridgehead atoms. The molecule has 1 unspecified atom stereocenters. The Bertz CT molecular complexity index is 1020. The fraction of sp³-hybridized carbons (Fsp3) is 0.217. The maximum absolute atomic E-state index is 12.3. The second kappa shape index (κ2) is 9.21. The van der Waals surface area contributed by atoms with E-state index >= 15 is 0 Å². The van der Waals surface area contributed by atoms with E-state index in [0.717, 1.165) is 28.0 Å². The number of benzene rings is 3. The lowest BCUT2D eigenvalue weighted by molar-refractivity contribution is -0.885. The average molecular weight is 392 g/mol. The second-order valence-corrected chi connectivity index (χ2v) is 7.06. The summed E-state index contributed by atoms with van der Waals surface area (Å²) in [7, 11) is 5.24. The monoisotopic (exact) mass is 392 g/mol. The summed E-state index contributed by atoms with van der Waals surface area (Å²) in [5.41, 5.74) is 2.40. The fourth-order valence-corrected chi connectivity index (χ4v) is 3.25. The Hall–Kier alpha value is -3.38. The molecular formula is C23H26N3O3+. The van der Waals surface area contributed by atoms with Crippen molar-refractivity contribution in [3.8, 4) is 5.75 Å². The minimum absolute atomic E-state index is 0.0688. The molecule has 0 radical (unpaired) electrons. The van der Waals surface area contributed by atoms with Gasteiger partial charge in [-0.2, -0.15) is 0 Å². The highest BCUT2D eigenvalue weighted by Crippen LogP contribution is 2.21. The Kier molecular flexibility index (Phi) is 6.46. The van der Waals surface area contributed by atoms with Crippen molar-refractivity contribution in [3.05, 3.63) is 71.8 Å². The first-order valence-corrected chi connectivity index (χ1v) is 9.48. The lowest BCUT2D eigenvalue weighted by Crippen LogP contribution is -3.08. The number of rotatable bonds is 7. The first kappa shape index (κ1) is 20.4. The van der Waals surface area contributed by atoms with Crippen molar-refractivity contribution in [2.24, 2.45) is 0 Å². The number of amides is 2. The van der Waals surface area contributed by atoms with Crippen LogP contribution in [0.3, 0.4) is 0 Å². The van der Waals surface area contributed by atoms with Crippen LogP contribution in [-0.2, 0) is 11.3 Å².